The number of ether oxygens (including phenoxy) is 1. The predicted molar refractivity (Wildman–Crippen MR) is 134 cm³/mol. The zero-order chi connectivity index (χ0) is 28.2. The van der Waals surface area contributed by atoms with Gasteiger partial charge in [-0.1, -0.05) is 6.92 Å². The van der Waals surface area contributed by atoms with Gasteiger partial charge in [0.15, 0.2) is 9.84 Å². The average molecular weight is 551 g/mol. The summed E-state index contributed by atoms with van der Waals surface area (Å²) in [7, 11) is -2.74. The van der Waals surface area contributed by atoms with Crippen molar-refractivity contribution in [2.24, 2.45) is 11.7 Å². The molecule has 2 atom stereocenters. The van der Waals surface area contributed by atoms with Gasteiger partial charge in [-0.3, -0.25) is 19.7 Å². The number of anilines is 2. The maximum atomic E-state index is 14.2. The fraction of sp³-hybridized carbons (Fsp3) is 0.333. The van der Waals surface area contributed by atoms with Gasteiger partial charge in [0.2, 0.25) is 11.8 Å². The summed E-state index contributed by atoms with van der Waals surface area (Å²) in [6, 6.07) is 5.99. The Morgan fingerprint density at radius 3 is 2.50 bits per heavy atom. The number of amides is 3. The molecule has 14 heteroatoms. The number of primary amides is 1. The van der Waals surface area contributed by atoms with E-state index >= 15 is 0 Å². The van der Waals surface area contributed by atoms with Crippen LogP contribution >= 0.6 is 0 Å². The van der Waals surface area contributed by atoms with Crippen LogP contribution in [-0.4, -0.2) is 68.3 Å². The van der Waals surface area contributed by atoms with Crippen molar-refractivity contribution in [2.45, 2.75) is 24.3 Å². The van der Waals surface area contributed by atoms with Crippen molar-refractivity contribution in [3.8, 4) is 0 Å². The number of hydrogen-bond acceptors (Lipinski definition) is 8. The molecular formula is C24H27FN4O8S. The van der Waals surface area contributed by atoms with E-state index in [2.05, 4.69) is 15.4 Å². The quantitative estimate of drug-likeness (QED) is 0.362. The van der Waals surface area contributed by atoms with Gasteiger partial charge in [0.05, 0.1) is 42.0 Å². The number of nitrogens with one attached hydrogen (secondary N) is 2. The highest BCUT2D eigenvalue weighted by Crippen LogP contribution is 2.41. The zero-order valence-electron chi connectivity index (χ0n) is 20.6. The molecule has 0 aromatic heterocycles. The lowest BCUT2D eigenvalue weighted by Crippen LogP contribution is -2.38. The molecule has 3 amide bonds. The molecule has 0 unspecified atom stereocenters. The number of methoxy groups -OCH3 is 1. The first-order valence-electron chi connectivity index (χ1n) is 11.5. The molecule has 0 spiro atoms. The van der Waals surface area contributed by atoms with Crippen molar-refractivity contribution in [3.05, 3.63) is 53.3 Å². The van der Waals surface area contributed by atoms with E-state index in [1.54, 1.807) is 0 Å². The molecule has 204 valence electrons. The number of likely N-dealkylation sites (tertiary alicyclic amines) is 1. The number of nitrogens with zero attached hydrogens (tertiary/aromatic N) is 1. The molecule has 0 aliphatic carbocycles. The van der Waals surface area contributed by atoms with Gasteiger partial charge < -0.3 is 25.8 Å². The molecule has 12 nitrogen and oxygen atoms in total. The lowest BCUT2D eigenvalue weighted by atomic mass is 9.93. The minimum absolute atomic E-state index is 0.00988. The van der Waals surface area contributed by atoms with Crippen LogP contribution in [-0.2, 0) is 24.2 Å². The minimum Gasteiger partial charge on any atom is -0.481 e. The van der Waals surface area contributed by atoms with Crippen LogP contribution < -0.4 is 16.4 Å². The molecule has 0 radical (unpaired) electrons. The van der Waals surface area contributed by atoms with Crippen LogP contribution in [0.1, 0.15) is 35.3 Å². The summed E-state index contributed by atoms with van der Waals surface area (Å²) < 4.78 is 44.6. The summed E-state index contributed by atoms with van der Waals surface area (Å²) in [5, 5.41) is 14.9. The molecule has 1 aliphatic rings. The number of carbonyl (C=O) groups is 4. The normalized spacial score (nSPS) is 17.1. The van der Waals surface area contributed by atoms with Crippen LogP contribution in [0, 0.1) is 11.7 Å². The molecule has 5 N–H and O–H groups in total. The Morgan fingerprint density at radius 2 is 1.89 bits per heavy atom. The standard InChI is InChI=1S/C24H27FN4O8S/c1-3-38(35,36)19-7-5-14(28-24(34)37-2)11-16(19)21-15(23(32)33)8-9-29(21)20(30)12-27-18-10-13(22(26)31)4-6-17(18)25/h4-7,10-11,15,21,27H,3,8-9,12H2,1-2H3,(H2,26,31)(H,28,34)(H,32,33)/t15-,21+/m0/s1. The van der Waals surface area contributed by atoms with Crippen LogP contribution in [0.3, 0.4) is 0 Å². The first kappa shape index (κ1) is 28.4. The summed E-state index contributed by atoms with van der Waals surface area (Å²) in [5.74, 6) is -4.89. The second kappa shape index (κ2) is 11.5. The van der Waals surface area contributed by atoms with Crippen LogP contribution in [0.2, 0.25) is 0 Å². The monoisotopic (exact) mass is 550 g/mol. The third-order valence-corrected chi connectivity index (χ3v) is 7.99. The van der Waals surface area contributed by atoms with E-state index < -0.39 is 58.0 Å². The number of rotatable bonds is 9. The van der Waals surface area contributed by atoms with Gasteiger partial charge in [0.25, 0.3) is 0 Å². The van der Waals surface area contributed by atoms with Gasteiger partial charge in [-0.25, -0.2) is 17.6 Å². The highest BCUT2D eigenvalue weighted by molar-refractivity contribution is 7.91. The second-order valence-electron chi connectivity index (χ2n) is 8.45. The first-order chi connectivity index (χ1) is 17.9. The van der Waals surface area contributed by atoms with Gasteiger partial charge in [-0.2, -0.15) is 0 Å². The van der Waals surface area contributed by atoms with Crippen molar-refractivity contribution in [2.75, 3.05) is 36.6 Å². The largest absolute Gasteiger partial charge is 0.481 e. The summed E-state index contributed by atoms with van der Waals surface area (Å²) in [6.45, 7) is 0.912. The average Bonchev–Trinajstić information content (AvgIpc) is 3.33. The number of carboxylic acids is 1. The number of benzene rings is 2. The van der Waals surface area contributed by atoms with E-state index in [0.29, 0.717) is 0 Å². The van der Waals surface area contributed by atoms with Crippen LogP contribution in [0.25, 0.3) is 0 Å². The number of aliphatic carboxylic acids is 1. The van der Waals surface area contributed by atoms with E-state index in [1.165, 1.54) is 36.1 Å². The molecule has 38 heavy (non-hydrogen) atoms. The van der Waals surface area contributed by atoms with E-state index in [4.69, 9.17) is 5.73 Å². The van der Waals surface area contributed by atoms with Crippen LogP contribution in [0.4, 0.5) is 20.6 Å². The molecule has 1 aliphatic heterocycles. The van der Waals surface area contributed by atoms with Gasteiger partial charge in [-0.15, -0.1) is 0 Å². The molecular weight excluding hydrogens is 523 g/mol. The molecule has 1 heterocycles. The third kappa shape index (κ3) is 6.02. The Kier molecular flexibility index (Phi) is 8.56. The lowest BCUT2D eigenvalue weighted by Gasteiger charge is -2.29. The molecule has 1 fully saturated rings. The van der Waals surface area contributed by atoms with E-state index in [-0.39, 0.29) is 46.1 Å². The lowest BCUT2D eigenvalue weighted by molar-refractivity contribution is -0.143. The fourth-order valence-electron chi connectivity index (χ4n) is 4.27. The van der Waals surface area contributed by atoms with Gasteiger partial charge in [0, 0.05) is 17.8 Å². The number of halogens is 1. The molecule has 0 bridgehead atoms. The number of hydrogen-bond donors (Lipinski definition) is 4. The highest BCUT2D eigenvalue weighted by atomic mass is 32.2. The van der Waals surface area contributed by atoms with Crippen LogP contribution in [0.5, 0.6) is 0 Å². The maximum Gasteiger partial charge on any atom is 0.411 e. The Bertz CT molecular complexity index is 1380. The Balaban J connectivity index is 2.01. The smallest absolute Gasteiger partial charge is 0.411 e. The third-order valence-electron chi connectivity index (χ3n) is 6.19. The summed E-state index contributed by atoms with van der Waals surface area (Å²) >= 11 is 0. The number of carbonyl (C=O) groups excluding carboxylic acids is 3. The van der Waals surface area contributed by atoms with E-state index in [0.717, 1.165) is 19.2 Å². The topological polar surface area (TPSA) is 185 Å². The molecule has 0 saturated carbocycles. The second-order valence-corrected chi connectivity index (χ2v) is 10.7. The van der Waals surface area contributed by atoms with Gasteiger partial charge in [0.1, 0.15) is 5.82 Å². The van der Waals surface area contributed by atoms with Crippen molar-refractivity contribution in [3.63, 3.8) is 0 Å². The summed E-state index contributed by atoms with van der Waals surface area (Å²) in [6.07, 6.45) is -0.807. The van der Waals surface area contributed by atoms with Crippen molar-refractivity contribution >= 4 is 45.1 Å². The number of nitrogens with two attached hydrogens (primary N) is 1. The van der Waals surface area contributed by atoms with Crippen LogP contribution in [0.15, 0.2) is 41.3 Å². The Labute approximate surface area is 217 Å². The van der Waals surface area contributed by atoms with Crippen molar-refractivity contribution in [1.29, 1.82) is 0 Å². The Morgan fingerprint density at radius 1 is 1.18 bits per heavy atom. The molecule has 2 aromatic carbocycles. The number of carboxylic acid groups (broad SMARTS) is 1. The van der Waals surface area contributed by atoms with Gasteiger partial charge >= 0.3 is 12.1 Å². The Hall–Kier alpha value is -4.20. The van der Waals surface area contributed by atoms with E-state index in [9.17, 15) is 37.1 Å². The van der Waals surface area contributed by atoms with Crippen molar-refractivity contribution < 1.29 is 41.8 Å². The first-order valence-corrected chi connectivity index (χ1v) is 13.1. The van der Waals surface area contributed by atoms with Crippen molar-refractivity contribution in [1.82, 2.24) is 4.90 Å². The fourth-order valence-corrected chi connectivity index (χ4v) is 5.39. The van der Waals surface area contributed by atoms with Gasteiger partial charge in [-0.05, 0) is 48.4 Å². The summed E-state index contributed by atoms with van der Waals surface area (Å²) in [5.41, 5.74) is 5.21. The predicted octanol–water partition coefficient (Wildman–Crippen LogP) is 1.98. The van der Waals surface area contributed by atoms with E-state index in [1.807, 2.05) is 0 Å². The maximum absolute atomic E-state index is 14.2. The SMILES string of the molecule is CCS(=O)(=O)c1ccc(NC(=O)OC)cc1[C@H]1[C@@H](C(=O)O)CCN1C(=O)CNc1cc(C(N)=O)ccc1F. The zero-order valence-corrected chi connectivity index (χ0v) is 21.4. The highest BCUT2D eigenvalue weighted by Gasteiger charge is 2.44. The minimum atomic E-state index is -3.87. The molecule has 1 saturated heterocycles. The molecule has 3 rings (SSSR count). The summed E-state index contributed by atoms with van der Waals surface area (Å²) in [4.78, 5) is 49.6. The number of sulfone groups is 1. The molecule has 2 aromatic rings.